The van der Waals surface area contributed by atoms with Crippen LogP contribution in [0.3, 0.4) is 0 Å². The van der Waals surface area contributed by atoms with Gasteiger partial charge in [0.15, 0.2) is 0 Å². The van der Waals surface area contributed by atoms with Crippen molar-refractivity contribution >= 4 is 34.3 Å². The van der Waals surface area contributed by atoms with Crippen LogP contribution < -0.4 is 5.46 Å². The Morgan fingerprint density at radius 3 is 1.05 bits per heavy atom. The minimum Gasteiger partial charge on any atom is -0.0628 e. The molecule has 5 aromatic rings. The van der Waals surface area contributed by atoms with Crippen LogP contribution >= 0.6 is 0 Å². The van der Waals surface area contributed by atoms with Gasteiger partial charge in [-0.25, -0.2) is 0 Å². The first-order valence-electron chi connectivity index (χ1n) is 13.4. The molecule has 5 aromatic carbocycles. The van der Waals surface area contributed by atoms with Crippen molar-refractivity contribution in [3.63, 3.8) is 0 Å². The van der Waals surface area contributed by atoms with Gasteiger partial charge in [-0.15, -0.1) is 0 Å². The van der Waals surface area contributed by atoms with Crippen LogP contribution in [0.15, 0.2) is 133 Å². The monoisotopic (exact) mass is 486 g/mol. The van der Waals surface area contributed by atoms with Gasteiger partial charge in [-0.1, -0.05) is 167 Å². The van der Waals surface area contributed by atoms with Gasteiger partial charge in [-0.3, -0.25) is 0 Å². The lowest BCUT2D eigenvalue weighted by molar-refractivity contribution is 1.35. The lowest BCUT2D eigenvalue weighted by Crippen LogP contribution is -2.36. The van der Waals surface area contributed by atoms with Crippen LogP contribution in [0.25, 0.3) is 22.1 Å². The van der Waals surface area contributed by atoms with E-state index in [-0.39, 0.29) is 6.71 Å². The van der Waals surface area contributed by atoms with Crippen molar-refractivity contribution in [2.75, 3.05) is 0 Å². The van der Waals surface area contributed by atoms with Gasteiger partial charge < -0.3 is 0 Å². The number of allylic oxidation sites excluding steroid dienone is 2. The summed E-state index contributed by atoms with van der Waals surface area (Å²) >= 11 is 0. The highest BCUT2D eigenvalue weighted by Crippen LogP contribution is 2.51. The third-order valence-corrected chi connectivity index (χ3v) is 7.69. The van der Waals surface area contributed by atoms with Gasteiger partial charge in [0.1, 0.15) is 0 Å². The lowest BCUT2D eigenvalue weighted by Gasteiger charge is -2.23. The van der Waals surface area contributed by atoms with Crippen molar-refractivity contribution in [1.29, 1.82) is 0 Å². The topological polar surface area (TPSA) is 0 Å². The van der Waals surface area contributed by atoms with Crippen LogP contribution in [0, 0.1) is 20.8 Å². The number of benzene rings is 5. The number of aryl methyl sites for hydroxylation is 3. The molecule has 6 rings (SSSR count). The van der Waals surface area contributed by atoms with Gasteiger partial charge in [0.05, 0.1) is 0 Å². The molecule has 0 atom stereocenters. The van der Waals surface area contributed by atoms with E-state index in [2.05, 4.69) is 154 Å². The van der Waals surface area contributed by atoms with Gasteiger partial charge >= 0.3 is 0 Å². The second kappa shape index (κ2) is 10.2. The molecular weight excluding hydrogens is 455 g/mol. The Hall–Kier alpha value is -4.36. The first kappa shape index (κ1) is 24.0. The Balaban J connectivity index is 1.81. The zero-order chi connectivity index (χ0) is 26.1. The highest BCUT2D eigenvalue weighted by molar-refractivity contribution is 7.08. The van der Waals surface area contributed by atoms with Gasteiger partial charge in [0, 0.05) is 0 Å². The third-order valence-electron chi connectivity index (χ3n) is 7.69. The highest BCUT2D eigenvalue weighted by atomic mass is 14.3. The van der Waals surface area contributed by atoms with Crippen molar-refractivity contribution in [3.8, 4) is 0 Å². The average molecular weight is 486 g/mol. The van der Waals surface area contributed by atoms with Crippen LogP contribution in [0.5, 0.6) is 0 Å². The molecule has 0 radical (unpaired) electrons. The third kappa shape index (κ3) is 4.25. The van der Waals surface area contributed by atoms with Gasteiger partial charge in [-0.05, 0) is 54.2 Å². The molecule has 1 aliphatic rings. The van der Waals surface area contributed by atoms with Gasteiger partial charge in [0.25, 0.3) is 0 Å². The quantitative estimate of drug-likeness (QED) is 0.218. The second-order valence-electron chi connectivity index (χ2n) is 10.3. The first-order valence-corrected chi connectivity index (χ1v) is 13.4. The minimum atomic E-state index is 0.103. The van der Waals surface area contributed by atoms with E-state index in [4.69, 9.17) is 0 Å². The van der Waals surface area contributed by atoms with E-state index in [0.717, 1.165) is 0 Å². The largest absolute Gasteiger partial charge is 0.245 e. The highest BCUT2D eigenvalue weighted by Gasteiger charge is 2.41. The Morgan fingerprint density at radius 1 is 0.395 bits per heavy atom. The van der Waals surface area contributed by atoms with Crippen molar-refractivity contribution in [2.45, 2.75) is 20.8 Å². The Labute approximate surface area is 227 Å². The maximum Gasteiger partial charge on any atom is 0.245 e. The smallest absolute Gasteiger partial charge is 0.0628 e. The SMILES string of the molecule is Cc1cc(C)c(B2C(c3ccccc3)=C(c3ccccc3)C(c3ccccc3)=C2c2ccccc2)c(C)c1. The van der Waals surface area contributed by atoms with E-state index in [9.17, 15) is 0 Å². The lowest BCUT2D eigenvalue weighted by atomic mass is 9.34. The van der Waals surface area contributed by atoms with E-state index in [0.29, 0.717) is 0 Å². The van der Waals surface area contributed by atoms with Crippen LogP contribution in [0.1, 0.15) is 38.9 Å². The minimum absolute atomic E-state index is 0.103. The molecule has 0 N–H and O–H groups in total. The van der Waals surface area contributed by atoms with Crippen LogP contribution in [-0.2, 0) is 0 Å². The number of rotatable bonds is 5. The molecule has 0 aliphatic carbocycles. The summed E-state index contributed by atoms with van der Waals surface area (Å²) in [5, 5.41) is 0. The summed E-state index contributed by atoms with van der Waals surface area (Å²) in [6.07, 6.45) is 0. The van der Waals surface area contributed by atoms with Crippen LogP contribution in [0.2, 0.25) is 0 Å². The van der Waals surface area contributed by atoms with Crippen LogP contribution in [0.4, 0.5) is 0 Å². The summed E-state index contributed by atoms with van der Waals surface area (Å²) in [5.74, 6) is 0. The Bertz CT molecular complexity index is 1520. The standard InChI is InChI=1S/C37H31B/c1-26-24-27(2)35(28(3)25-26)38-36(31-20-12-6-13-21-31)33(29-16-8-4-9-17-29)34(30-18-10-5-11-19-30)37(38)32-22-14-7-15-23-32/h4-25H,1-3H3. The van der Waals surface area contributed by atoms with Gasteiger partial charge in [-0.2, -0.15) is 0 Å². The second-order valence-corrected chi connectivity index (χ2v) is 10.3. The molecular formula is C37H31B. The Kier molecular flexibility index (Phi) is 6.44. The molecule has 0 amide bonds. The molecule has 0 unspecified atom stereocenters. The van der Waals surface area contributed by atoms with E-state index in [1.165, 1.54) is 66.5 Å². The summed E-state index contributed by atoms with van der Waals surface area (Å²) in [6.45, 7) is 6.86. The van der Waals surface area contributed by atoms with Crippen molar-refractivity contribution in [2.24, 2.45) is 0 Å². The average Bonchev–Trinajstić information content (AvgIpc) is 3.30. The molecule has 0 saturated heterocycles. The predicted molar refractivity (Wildman–Crippen MR) is 165 cm³/mol. The zero-order valence-corrected chi connectivity index (χ0v) is 22.3. The molecule has 0 aromatic heterocycles. The van der Waals surface area contributed by atoms with E-state index in [1.54, 1.807) is 0 Å². The fraction of sp³-hybridized carbons (Fsp3) is 0.0811. The molecule has 1 aliphatic heterocycles. The van der Waals surface area contributed by atoms with Crippen molar-refractivity contribution in [1.82, 2.24) is 0 Å². The van der Waals surface area contributed by atoms with E-state index in [1.807, 2.05) is 0 Å². The normalized spacial score (nSPS) is 13.4. The Morgan fingerprint density at radius 2 is 0.711 bits per heavy atom. The van der Waals surface area contributed by atoms with E-state index < -0.39 is 0 Å². The molecule has 0 fully saturated rings. The summed E-state index contributed by atoms with van der Waals surface area (Å²) in [5.41, 5.74) is 15.9. The maximum atomic E-state index is 2.34. The fourth-order valence-electron chi connectivity index (χ4n) is 6.30. The van der Waals surface area contributed by atoms with E-state index >= 15 is 0 Å². The van der Waals surface area contributed by atoms with Gasteiger partial charge in [0.2, 0.25) is 6.71 Å². The molecule has 1 heteroatoms. The maximum absolute atomic E-state index is 2.34. The summed E-state index contributed by atoms with van der Waals surface area (Å²) in [4.78, 5) is 0. The predicted octanol–water partition coefficient (Wildman–Crippen LogP) is 8.63. The fourth-order valence-corrected chi connectivity index (χ4v) is 6.30. The molecule has 1 heterocycles. The molecule has 38 heavy (non-hydrogen) atoms. The summed E-state index contributed by atoms with van der Waals surface area (Å²) in [7, 11) is 0. The van der Waals surface area contributed by atoms with Crippen molar-refractivity contribution in [3.05, 3.63) is 172 Å². The summed E-state index contributed by atoms with van der Waals surface area (Å²) in [6, 6.07) is 48.6. The number of hydrogen-bond acceptors (Lipinski definition) is 0. The molecule has 0 bridgehead atoms. The first-order chi connectivity index (χ1) is 18.6. The van der Waals surface area contributed by atoms with Crippen LogP contribution in [-0.4, -0.2) is 6.71 Å². The molecule has 0 spiro atoms. The van der Waals surface area contributed by atoms with Crippen molar-refractivity contribution < 1.29 is 0 Å². The zero-order valence-electron chi connectivity index (χ0n) is 22.3. The molecule has 0 saturated carbocycles. The molecule has 0 nitrogen and oxygen atoms in total. The summed E-state index contributed by atoms with van der Waals surface area (Å²) < 4.78 is 0. The molecule has 182 valence electrons. The number of hydrogen-bond donors (Lipinski definition) is 0.